The average Bonchev–Trinajstić information content (AvgIpc) is 2.79. The van der Waals surface area contributed by atoms with E-state index in [2.05, 4.69) is 18.8 Å². The number of aromatic nitrogens is 1. The molecule has 1 aromatic heterocycles. The van der Waals surface area contributed by atoms with E-state index in [1.165, 1.54) is 0 Å². The van der Waals surface area contributed by atoms with Crippen molar-refractivity contribution in [2.75, 3.05) is 0 Å². The van der Waals surface area contributed by atoms with Crippen molar-refractivity contribution >= 4 is 5.97 Å². The van der Waals surface area contributed by atoms with Gasteiger partial charge in [-0.15, -0.1) is 0 Å². The van der Waals surface area contributed by atoms with Crippen LogP contribution in [0.3, 0.4) is 0 Å². The highest BCUT2D eigenvalue weighted by atomic mass is 16.4. The van der Waals surface area contributed by atoms with Crippen LogP contribution < -0.4 is 0 Å². The fraction of sp³-hybridized carbons (Fsp3) is 0.571. The molecule has 0 spiro atoms. The van der Waals surface area contributed by atoms with Gasteiger partial charge in [0.15, 0.2) is 0 Å². The topological polar surface area (TPSA) is 50.2 Å². The molecule has 3 heteroatoms. The van der Waals surface area contributed by atoms with E-state index in [1.54, 1.807) is 6.20 Å². The Morgan fingerprint density at radius 1 is 1.35 bits per heavy atom. The van der Waals surface area contributed by atoms with Gasteiger partial charge in [0, 0.05) is 12.4 Å². The molecule has 0 radical (unpaired) electrons. The van der Waals surface area contributed by atoms with Crippen LogP contribution in [0, 0.1) is 0 Å². The SMILES string of the molecule is CC(C)c1cncc(C2(C(=O)O)CCCC2)c1. The zero-order valence-electron chi connectivity index (χ0n) is 10.4. The van der Waals surface area contributed by atoms with E-state index < -0.39 is 11.4 Å². The van der Waals surface area contributed by atoms with Gasteiger partial charge in [0.05, 0.1) is 5.41 Å². The summed E-state index contributed by atoms with van der Waals surface area (Å²) in [4.78, 5) is 15.8. The summed E-state index contributed by atoms with van der Waals surface area (Å²) in [5, 5.41) is 9.52. The molecule has 0 aliphatic heterocycles. The number of aliphatic carboxylic acids is 1. The summed E-state index contributed by atoms with van der Waals surface area (Å²) in [6, 6.07) is 2.02. The van der Waals surface area contributed by atoms with Gasteiger partial charge in [-0.05, 0) is 29.9 Å². The molecule has 3 nitrogen and oxygen atoms in total. The van der Waals surface area contributed by atoms with Crippen molar-refractivity contribution in [3.8, 4) is 0 Å². The van der Waals surface area contributed by atoms with E-state index in [1.807, 2.05) is 12.3 Å². The van der Waals surface area contributed by atoms with Gasteiger partial charge in [0.2, 0.25) is 0 Å². The molecule has 1 saturated carbocycles. The first-order valence-corrected chi connectivity index (χ1v) is 6.25. The van der Waals surface area contributed by atoms with Crippen LogP contribution in [0.15, 0.2) is 18.5 Å². The van der Waals surface area contributed by atoms with Gasteiger partial charge in [0.25, 0.3) is 0 Å². The number of nitrogens with zero attached hydrogens (tertiary/aromatic N) is 1. The molecular weight excluding hydrogens is 214 g/mol. The maximum atomic E-state index is 11.6. The van der Waals surface area contributed by atoms with Crippen molar-refractivity contribution in [3.05, 3.63) is 29.6 Å². The molecular formula is C14H19NO2. The Kier molecular flexibility index (Phi) is 3.18. The third-order valence-electron chi connectivity index (χ3n) is 3.85. The predicted octanol–water partition coefficient (Wildman–Crippen LogP) is 3.10. The molecule has 1 N–H and O–H groups in total. The minimum Gasteiger partial charge on any atom is -0.481 e. The van der Waals surface area contributed by atoms with Crippen molar-refractivity contribution in [3.63, 3.8) is 0 Å². The first-order chi connectivity index (χ1) is 8.06. The lowest BCUT2D eigenvalue weighted by molar-refractivity contribution is -0.143. The zero-order chi connectivity index (χ0) is 12.5. The average molecular weight is 233 g/mol. The Hall–Kier alpha value is -1.38. The van der Waals surface area contributed by atoms with Crippen LogP contribution in [-0.4, -0.2) is 16.1 Å². The largest absolute Gasteiger partial charge is 0.481 e. The summed E-state index contributed by atoms with van der Waals surface area (Å²) in [5.74, 6) is -0.313. The Morgan fingerprint density at radius 2 is 2.00 bits per heavy atom. The zero-order valence-corrected chi connectivity index (χ0v) is 10.4. The van der Waals surface area contributed by atoms with Crippen LogP contribution in [0.5, 0.6) is 0 Å². The number of hydrogen-bond acceptors (Lipinski definition) is 2. The molecule has 0 amide bonds. The number of pyridine rings is 1. The van der Waals surface area contributed by atoms with Crippen molar-refractivity contribution in [1.29, 1.82) is 0 Å². The molecule has 2 rings (SSSR count). The Bertz CT molecular complexity index is 420. The molecule has 0 saturated heterocycles. The van der Waals surface area contributed by atoms with Gasteiger partial charge < -0.3 is 5.11 Å². The standard InChI is InChI=1S/C14H19NO2/c1-10(2)11-7-12(9-15-8-11)14(13(16)17)5-3-4-6-14/h7-10H,3-6H2,1-2H3,(H,16,17). The minimum absolute atomic E-state index is 0.384. The van der Waals surface area contributed by atoms with E-state index in [9.17, 15) is 9.90 Å². The Balaban J connectivity index is 2.43. The number of carbonyl (C=O) groups is 1. The highest BCUT2D eigenvalue weighted by Gasteiger charge is 2.43. The van der Waals surface area contributed by atoms with E-state index in [0.717, 1.165) is 36.8 Å². The van der Waals surface area contributed by atoms with Gasteiger partial charge in [-0.25, -0.2) is 0 Å². The first-order valence-electron chi connectivity index (χ1n) is 6.25. The first kappa shape index (κ1) is 12.1. The second kappa shape index (κ2) is 4.47. The van der Waals surface area contributed by atoms with Crippen LogP contribution >= 0.6 is 0 Å². The lowest BCUT2D eigenvalue weighted by atomic mass is 9.79. The van der Waals surface area contributed by atoms with Gasteiger partial charge in [-0.1, -0.05) is 32.8 Å². The number of hydrogen-bond donors (Lipinski definition) is 1. The molecule has 1 aliphatic carbocycles. The van der Waals surface area contributed by atoms with Crippen LogP contribution in [0.2, 0.25) is 0 Å². The molecule has 1 heterocycles. The predicted molar refractivity (Wildman–Crippen MR) is 66.1 cm³/mol. The monoisotopic (exact) mass is 233 g/mol. The highest BCUT2D eigenvalue weighted by Crippen LogP contribution is 2.41. The van der Waals surface area contributed by atoms with E-state index in [0.29, 0.717) is 5.92 Å². The smallest absolute Gasteiger partial charge is 0.314 e. The summed E-state index contributed by atoms with van der Waals surface area (Å²) in [7, 11) is 0. The highest BCUT2D eigenvalue weighted by molar-refractivity contribution is 5.81. The summed E-state index contributed by atoms with van der Waals surface area (Å²) < 4.78 is 0. The lowest BCUT2D eigenvalue weighted by Crippen LogP contribution is -2.32. The second-order valence-corrected chi connectivity index (χ2v) is 5.26. The molecule has 1 aliphatic rings. The molecule has 1 fully saturated rings. The number of rotatable bonds is 3. The van der Waals surface area contributed by atoms with Crippen molar-refractivity contribution < 1.29 is 9.90 Å². The number of carboxylic acid groups (broad SMARTS) is 1. The minimum atomic E-state index is -0.697. The van der Waals surface area contributed by atoms with E-state index in [4.69, 9.17) is 0 Å². The second-order valence-electron chi connectivity index (χ2n) is 5.26. The molecule has 0 aromatic carbocycles. The molecule has 0 bridgehead atoms. The normalized spacial score (nSPS) is 18.5. The van der Waals surface area contributed by atoms with Crippen LogP contribution in [0.1, 0.15) is 56.6 Å². The molecule has 92 valence electrons. The van der Waals surface area contributed by atoms with Crippen molar-refractivity contribution in [1.82, 2.24) is 4.98 Å². The number of carboxylic acids is 1. The molecule has 0 unspecified atom stereocenters. The van der Waals surface area contributed by atoms with E-state index >= 15 is 0 Å². The molecule has 17 heavy (non-hydrogen) atoms. The van der Waals surface area contributed by atoms with Gasteiger partial charge in [0.1, 0.15) is 0 Å². The van der Waals surface area contributed by atoms with Crippen LogP contribution in [0.25, 0.3) is 0 Å². The van der Waals surface area contributed by atoms with Gasteiger partial charge in [-0.2, -0.15) is 0 Å². The van der Waals surface area contributed by atoms with Crippen LogP contribution in [-0.2, 0) is 10.2 Å². The van der Waals surface area contributed by atoms with Crippen molar-refractivity contribution in [2.24, 2.45) is 0 Å². The third kappa shape index (κ3) is 2.06. The Labute approximate surface area is 102 Å². The van der Waals surface area contributed by atoms with Gasteiger partial charge in [-0.3, -0.25) is 9.78 Å². The maximum Gasteiger partial charge on any atom is 0.314 e. The van der Waals surface area contributed by atoms with Crippen molar-refractivity contribution in [2.45, 2.75) is 50.9 Å². The van der Waals surface area contributed by atoms with E-state index in [-0.39, 0.29) is 0 Å². The summed E-state index contributed by atoms with van der Waals surface area (Å²) in [5.41, 5.74) is 1.32. The summed E-state index contributed by atoms with van der Waals surface area (Å²) in [6.07, 6.45) is 7.04. The summed E-state index contributed by atoms with van der Waals surface area (Å²) in [6.45, 7) is 4.20. The Morgan fingerprint density at radius 3 is 2.53 bits per heavy atom. The lowest BCUT2D eigenvalue weighted by Gasteiger charge is -2.24. The van der Waals surface area contributed by atoms with Gasteiger partial charge >= 0.3 is 5.97 Å². The third-order valence-corrected chi connectivity index (χ3v) is 3.85. The fourth-order valence-corrected chi connectivity index (χ4v) is 2.64. The molecule has 0 atom stereocenters. The molecule has 1 aromatic rings. The maximum absolute atomic E-state index is 11.6. The fourth-order valence-electron chi connectivity index (χ4n) is 2.64. The van der Waals surface area contributed by atoms with Crippen LogP contribution in [0.4, 0.5) is 0 Å². The quantitative estimate of drug-likeness (QED) is 0.872. The summed E-state index contributed by atoms with van der Waals surface area (Å²) >= 11 is 0.